The maximum absolute atomic E-state index is 14.3. The summed E-state index contributed by atoms with van der Waals surface area (Å²) >= 11 is 6.44. The largest absolute Gasteiger partial charge is 0.444 e. The Morgan fingerprint density at radius 1 is 1.03 bits per heavy atom. The van der Waals surface area contributed by atoms with Crippen LogP contribution in [-0.4, -0.2) is 40.5 Å². The predicted octanol–water partition coefficient (Wildman–Crippen LogP) is 7.20. The quantitative estimate of drug-likeness (QED) is 0.323. The van der Waals surface area contributed by atoms with Crippen molar-refractivity contribution in [2.24, 2.45) is 5.92 Å². The molecule has 0 saturated carbocycles. The lowest BCUT2D eigenvalue weighted by molar-refractivity contribution is -0.143. The van der Waals surface area contributed by atoms with Crippen molar-refractivity contribution in [3.05, 3.63) is 64.2 Å². The van der Waals surface area contributed by atoms with Gasteiger partial charge in [0.05, 0.1) is 10.7 Å². The van der Waals surface area contributed by atoms with Gasteiger partial charge in [-0.15, -0.1) is 0 Å². The Labute approximate surface area is 238 Å². The van der Waals surface area contributed by atoms with Gasteiger partial charge in [0.15, 0.2) is 0 Å². The molecule has 0 saturated heterocycles. The fourth-order valence-electron chi connectivity index (χ4n) is 4.38. The number of halogens is 1. The van der Waals surface area contributed by atoms with Gasteiger partial charge in [0.2, 0.25) is 5.91 Å². The summed E-state index contributed by atoms with van der Waals surface area (Å²) in [5.41, 5.74) is 2.23. The highest BCUT2D eigenvalue weighted by Gasteiger charge is 2.39. The Bertz CT molecular complexity index is 1140. The van der Waals surface area contributed by atoms with E-state index in [9.17, 15) is 14.4 Å². The minimum absolute atomic E-state index is 0.102. The zero-order valence-electron chi connectivity index (χ0n) is 24.7. The highest BCUT2D eigenvalue weighted by Crippen LogP contribution is 2.31. The van der Waals surface area contributed by atoms with E-state index in [1.807, 2.05) is 77.9 Å². The third kappa shape index (κ3) is 9.27. The molecule has 3 unspecified atom stereocenters. The molecule has 2 aromatic carbocycles. The smallest absolute Gasteiger partial charge is 0.408 e. The molecule has 214 valence electrons. The van der Waals surface area contributed by atoms with Gasteiger partial charge in [0.25, 0.3) is 5.91 Å². The Hall–Kier alpha value is -3.06. The number of carbonyl (C=O) groups is 3. The van der Waals surface area contributed by atoms with E-state index in [2.05, 4.69) is 10.6 Å². The maximum Gasteiger partial charge on any atom is 0.408 e. The van der Waals surface area contributed by atoms with Crippen LogP contribution in [0, 0.1) is 19.8 Å². The number of rotatable bonds is 10. The molecule has 2 rings (SSSR count). The summed E-state index contributed by atoms with van der Waals surface area (Å²) in [6.45, 7) is 17.0. The molecular weight excluding hydrogens is 514 g/mol. The lowest BCUT2D eigenvalue weighted by Gasteiger charge is -2.38. The van der Waals surface area contributed by atoms with Crippen molar-refractivity contribution in [3.8, 4) is 0 Å². The van der Waals surface area contributed by atoms with E-state index in [1.165, 1.54) is 0 Å². The van der Waals surface area contributed by atoms with Crippen molar-refractivity contribution in [1.29, 1.82) is 0 Å². The Morgan fingerprint density at radius 3 is 2.21 bits per heavy atom. The van der Waals surface area contributed by atoms with Crippen LogP contribution in [0.1, 0.15) is 84.0 Å². The molecule has 2 N–H and O–H groups in total. The highest BCUT2D eigenvalue weighted by molar-refractivity contribution is 6.34. The molecule has 7 nitrogen and oxygen atoms in total. The number of hydrogen-bond donors (Lipinski definition) is 2. The summed E-state index contributed by atoms with van der Waals surface area (Å²) in [6.07, 6.45) is 0.318. The van der Waals surface area contributed by atoms with Crippen LogP contribution in [-0.2, 0) is 14.3 Å². The van der Waals surface area contributed by atoms with Gasteiger partial charge in [-0.1, -0.05) is 74.3 Å². The van der Waals surface area contributed by atoms with Gasteiger partial charge >= 0.3 is 6.09 Å². The number of carbonyl (C=O) groups excluding carboxylic acids is 3. The summed E-state index contributed by atoms with van der Waals surface area (Å²) in [5.74, 6) is -0.628. The van der Waals surface area contributed by atoms with Gasteiger partial charge in [-0.3, -0.25) is 9.59 Å². The molecule has 0 bridgehead atoms. The van der Waals surface area contributed by atoms with E-state index in [-0.39, 0.29) is 23.8 Å². The average molecular weight is 558 g/mol. The topological polar surface area (TPSA) is 87.7 Å². The number of amides is 3. The third-order valence-electron chi connectivity index (χ3n) is 6.37. The van der Waals surface area contributed by atoms with Crippen LogP contribution >= 0.6 is 11.6 Å². The van der Waals surface area contributed by atoms with Crippen molar-refractivity contribution < 1.29 is 19.1 Å². The van der Waals surface area contributed by atoms with E-state index >= 15 is 0 Å². The lowest BCUT2D eigenvalue weighted by Crippen LogP contribution is -2.55. The number of hydrogen-bond acceptors (Lipinski definition) is 4. The number of anilines is 1. The van der Waals surface area contributed by atoms with Gasteiger partial charge in [-0.2, -0.15) is 0 Å². The molecular formula is C31H44ClN3O4. The average Bonchev–Trinajstić information content (AvgIpc) is 2.82. The highest BCUT2D eigenvalue weighted by atomic mass is 35.5. The summed E-state index contributed by atoms with van der Waals surface area (Å²) < 4.78 is 5.47. The number of benzene rings is 2. The van der Waals surface area contributed by atoms with E-state index < -0.39 is 23.8 Å². The summed E-state index contributed by atoms with van der Waals surface area (Å²) in [4.78, 5) is 42.7. The van der Waals surface area contributed by atoms with Crippen molar-refractivity contribution in [3.63, 3.8) is 0 Å². The molecule has 0 spiro atoms. The van der Waals surface area contributed by atoms with Crippen LogP contribution in [0.25, 0.3) is 0 Å². The van der Waals surface area contributed by atoms with Crippen LogP contribution in [0.4, 0.5) is 10.5 Å². The molecule has 39 heavy (non-hydrogen) atoms. The lowest BCUT2D eigenvalue weighted by atomic mass is 9.96. The molecule has 8 heteroatoms. The number of para-hydroxylation sites is 1. The summed E-state index contributed by atoms with van der Waals surface area (Å²) in [5, 5.41) is 6.18. The molecule has 0 aromatic heterocycles. The van der Waals surface area contributed by atoms with Crippen molar-refractivity contribution in [2.45, 2.75) is 98.9 Å². The summed E-state index contributed by atoms with van der Waals surface area (Å²) in [7, 11) is 0. The first kappa shape index (κ1) is 32.2. The third-order valence-corrected chi connectivity index (χ3v) is 6.69. The van der Waals surface area contributed by atoms with E-state index in [0.29, 0.717) is 29.1 Å². The van der Waals surface area contributed by atoms with Gasteiger partial charge in [0.1, 0.15) is 17.7 Å². The SMILES string of the molecule is CCC(C)N(C(=O)C(CC(C)C)NC(=O)OC(C)(C)C)C(C(=O)Nc1c(C)cccc1Cl)c1cccc(C)c1. The Balaban J connectivity index is 2.61. The number of nitrogens with zero attached hydrogens (tertiary/aromatic N) is 1. The number of ether oxygens (including phenoxy) is 1. The molecule has 0 fully saturated rings. The first-order valence-electron chi connectivity index (χ1n) is 13.6. The predicted molar refractivity (Wildman–Crippen MR) is 158 cm³/mol. The summed E-state index contributed by atoms with van der Waals surface area (Å²) in [6, 6.07) is 10.8. The number of aryl methyl sites for hydroxylation is 2. The Morgan fingerprint density at radius 2 is 1.67 bits per heavy atom. The van der Waals surface area contributed by atoms with E-state index in [1.54, 1.807) is 31.7 Å². The first-order valence-corrected chi connectivity index (χ1v) is 14.0. The second-order valence-electron chi connectivity index (χ2n) is 11.6. The van der Waals surface area contributed by atoms with Gasteiger partial charge in [-0.05, 0) is 77.5 Å². The monoisotopic (exact) mass is 557 g/mol. The molecule has 3 atom stereocenters. The molecule has 0 aliphatic heterocycles. The van der Waals surface area contributed by atoms with Crippen LogP contribution in [0.2, 0.25) is 5.02 Å². The van der Waals surface area contributed by atoms with Crippen LogP contribution in [0.3, 0.4) is 0 Å². The molecule has 0 heterocycles. The molecule has 0 radical (unpaired) electrons. The number of alkyl carbamates (subject to hydrolysis) is 1. The fourth-order valence-corrected chi connectivity index (χ4v) is 4.65. The van der Waals surface area contributed by atoms with Crippen molar-refractivity contribution in [2.75, 3.05) is 5.32 Å². The fraction of sp³-hybridized carbons (Fsp3) is 0.516. The van der Waals surface area contributed by atoms with Crippen LogP contribution < -0.4 is 10.6 Å². The van der Waals surface area contributed by atoms with Gasteiger partial charge in [-0.25, -0.2) is 4.79 Å². The zero-order valence-corrected chi connectivity index (χ0v) is 25.5. The van der Waals surface area contributed by atoms with Crippen LogP contribution in [0.15, 0.2) is 42.5 Å². The zero-order chi connectivity index (χ0) is 29.5. The molecule has 0 aliphatic rings. The second kappa shape index (κ2) is 13.8. The second-order valence-corrected chi connectivity index (χ2v) is 12.0. The minimum atomic E-state index is -0.960. The first-order chi connectivity index (χ1) is 18.1. The van der Waals surface area contributed by atoms with Crippen LogP contribution in [0.5, 0.6) is 0 Å². The number of nitrogens with one attached hydrogen (secondary N) is 2. The molecule has 0 aliphatic carbocycles. The molecule has 2 aromatic rings. The van der Waals surface area contributed by atoms with Gasteiger partial charge in [0, 0.05) is 6.04 Å². The van der Waals surface area contributed by atoms with E-state index in [4.69, 9.17) is 16.3 Å². The Kier molecular flexibility index (Phi) is 11.4. The normalized spacial score (nSPS) is 13.8. The van der Waals surface area contributed by atoms with Gasteiger partial charge < -0.3 is 20.3 Å². The maximum atomic E-state index is 14.3. The minimum Gasteiger partial charge on any atom is -0.444 e. The van der Waals surface area contributed by atoms with E-state index in [0.717, 1.165) is 11.1 Å². The standard InChI is InChI=1S/C31H44ClN3O4/c1-10-22(6)35(29(37)25(17-19(2)3)33-30(38)39-31(7,8)9)27(23-15-11-13-20(4)18-23)28(36)34-26-21(5)14-12-16-24(26)32/h11-16,18-19,22,25,27H,10,17H2,1-9H3,(H,33,38)(H,34,36). The van der Waals surface area contributed by atoms with Crippen molar-refractivity contribution >= 4 is 35.2 Å². The van der Waals surface area contributed by atoms with Crippen molar-refractivity contribution in [1.82, 2.24) is 10.2 Å². The molecule has 3 amide bonds.